The second-order valence-corrected chi connectivity index (χ2v) is 10.9. The van der Waals surface area contributed by atoms with Gasteiger partial charge in [0, 0.05) is 26.2 Å². The summed E-state index contributed by atoms with van der Waals surface area (Å²) in [4.78, 5) is 0. The molecule has 10 heteroatoms. The van der Waals surface area contributed by atoms with Crippen molar-refractivity contribution >= 4 is 10.0 Å². The van der Waals surface area contributed by atoms with Gasteiger partial charge in [0.2, 0.25) is 0 Å². The lowest BCUT2D eigenvalue weighted by Crippen LogP contribution is -3.00. The van der Waals surface area contributed by atoms with Crippen molar-refractivity contribution in [1.29, 1.82) is 0 Å². The number of methoxy groups -OCH3 is 2. The highest BCUT2D eigenvalue weighted by Gasteiger charge is 2.29. The van der Waals surface area contributed by atoms with Gasteiger partial charge in [-0.1, -0.05) is 24.3 Å². The second-order valence-electron chi connectivity index (χ2n) is 9.02. The molecule has 1 heterocycles. The Hall–Kier alpha value is -2.15. The van der Waals surface area contributed by atoms with Crippen molar-refractivity contribution in [2.24, 2.45) is 7.05 Å². The molecule has 8 nitrogen and oxygen atoms in total. The van der Waals surface area contributed by atoms with E-state index in [4.69, 9.17) is 9.47 Å². The van der Waals surface area contributed by atoms with E-state index in [0.29, 0.717) is 11.0 Å². The number of nitrogens with zero attached hydrogens (tertiary/aromatic N) is 4. The number of hydrogen-bond donors (Lipinski definition) is 0. The average Bonchev–Trinajstić information content (AvgIpc) is 3.13. The number of halogens is 1. The smallest absolute Gasteiger partial charge is 0.263 e. The minimum Gasteiger partial charge on any atom is -1.00 e. The zero-order chi connectivity index (χ0) is 24.2. The van der Waals surface area contributed by atoms with Crippen molar-refractivity contribution in [3.05, 3.63) is 71.4 Å². The number of aromatic nitrogens is 2. The second kappa shape index (κ2) is 11.5. The fraction of sp³-hybridized carbons (Fsp3) is 0.375. The van der Waals surface area contributed by atoms with Crippen LogP contribution in [-0.2, 0) is 36.7 Å². The molecule has 0 aliphatic rings. The van der Waals surface area contributed by atoms with Crippen LogP contribution in [0.15, 0.2) is 59.6 Å². The third-order valence-corrected chi connectivity index (χ3v) is 6.90. The summed E-state index contributed by atoms with van der Waals surface area (Å²) < 4.78 is 41.6. The molecule has 0 aliphatic carbocycles. The maximum Gasteiger partial charge on any atom is 0.263 e. The number of ether oxygens (including phenoxy) is 2. The van der Waals surface area contributed by atoms with Gasteiger partial charge in [-0.3, -0.25) is 4.68 Å². The van der Waals surface area contributed by atoms with E-state index in [2.05, 4.69) is 26.2 Å². The van der Waals surface area contributed by atoms with E-state index < -0.39 is 10.0 Å². The van der Waals surface area contributed by atoms with E-state index in [1.165, 1.54) is 4.31 Å². The van der Waals surface area contributed by atoms with Gasteiger partial charge in [0.05, 0.1) is 41.1 Å². The highest BCUT2D eigenvalue weighted by atomic mass is 127. The number of quaternary nitrogens is 1. The van der Waals surface area contributed by atoms with Crippen molar-refractivity contribution in [2.75, 3.05) is 35.4 Å². The number of sulfonamides is 1. The van der Waals surface area contributed by atoms with Gasteiger partial charge in [-0.05, 0) is 35.4 Å². The molecule has 1 aromatic heterocycles. The predicted octanol–water partition coefficient (Wildman–Crippen LogP) is 0.0386. The van der Waals surface area contributed by atoms with E-state index in [0.717, 1.165) is 28.3 Å². The molecule has 0 radical (unpaired) electrons. The number of rotatable bonds is 10. The molecule has 2 aromatic carbocycles. The summed E-state index contributed by atoms with van der Waals surface area (Å²) in [6.45, 7) is 1.08. The monoisotopic (exact) mass is 600 g/mol. The quantitative estimate of drug-likeness (QED) is 0.243. The van der Waals surface area contributed by atoms with Crippen LogP contribution in [-0.4, -0.2) is 62.3 Å². The van der Waals surface area contributed by atoms with Crippen LogP contribution in [0.1, 0.15) is 16.8 Å². The molecule has 34 heavy (non-hydrogen) atoms. The Morgan fingerprint density at radius 2 is 1.32 bits per heavy atom. The number of benzene rings is 2. The Morgan fingerprint density at radius 1 is 0.882 bits per heavy atom. The molecule has 0 atom stereocenters. The molecule has 186 valence electrons. The Bertz CT molecular complexity index is 1120. The molecule has 3 aromatic rings. The Morgan fingerprint density at radius 3 is 1.71 bits per heavy atom. The lowest BCUT2D eigenvalue weighted by Gasteiger charge is -2.23. The van der Waals surface area contributed by atoms with Crippen molar-refractivity contribution in [3.8, 4) is 11.5 Å². The van der Waals surface area contributed by atoms with Crippen LogP contribution in [0.2, 0.25) is 0 Å². The highest BCUT2D eigenvalue weighted by Crippen LogP contribution is 2.24. The summed E-state index contributed by atoms with van der Waals surface area (Å²) in [5.74, 6) is 1.44. The van der Waals surface area contributed by atoms with Crippen LogP contribution < -0.4 is 33.5 Å². The highest BCUT2D eigenvalue weighted by molar-refractivity contribution is 7.89. The molecule has 0 unspecified atom stereocenters. The van der Waals surface area contributed by atoms with Crippen LogP contribution in [0, 0.1) is 0 Å². The standard InChI is InChI=1S/C24H33N4O4S.HI/c1-26-21(18-28(2,3)4)15-24(25-26)33(29,30)27(16-19-7-11-22(31-5)12-8-19)17-20-9-13-23(32-6)14-10-20;/h7-15H,16-18H2,1-6H3;1H/q+1;/p-1. The van der Waals surface area contributed by atoms with Crippen molar-refractivity contribution < 1.29 is 46.4 Å². The van der Waals surface area contributed by atoms with Crippen LogP contribution in [0.25, 0.3) is 0 Å². The lowest BCUT2D eigenvalue weighted by atomic mass is 10.2. The minimum absolute atomic E-state index is 0. The van der Waals surface area contributed by atoms with Gasteiger partial charge in [-0.2, -0.15) is 9.40 Å². The first-order valence-corrected chi connectivity index (χ1v) is 12.1. The maximum atomic E-state index is 13.7. The third-order valence-electron chi connectivity index (χ3n) is 5.23. The average molecular weight is 601 g/mol. The van der Waals surface area contributed by atoms with Crippen molar-refractivity contribution in [1.82, 2.24) is 14.1 Å². The Balaban J connectivity index is 0.00000408. The summed E-state index contributed by atoms with van der Waals surface area (Å²) in [5, 5.41) is 4.41. The first kappa shape index (κ1) is 28.1. The number of aryl methyl sites for hydroxylation is 1. The summed E-state index contributed by atoms with van der Waals surface area (Å²) in [5.41, 5.74) is 2.57. The van der Waals surface area contributed by atoms with Gasteiger partial charge < -0.3 is 37.9 Å². The van der Waals surface area contributed by atoms with Gasteiger partial charge in [0.25, 0.3) is 10.0 Å². The molecule has 0 spiro atoms. The first-order valence-electron chi connectivity index (χ1n) is 10.6. The third kappa shape index (κ3) is 7.17. The first-order chi connectivity index (χ1) is 15.5. The summed E-state index contributed by atoms with van der Waals surface area (Å²) in [6, 6.07) is 16.5. The molecule has 0 amide bonds. The number of hydrogen-bond acceptors (Lipinski definition) is 5. The van der Waals surface area contributed by atoms with Crippen LogP contribution in [0.4, 0.5) is 0 Å². The normalized spacial score (nSPS) is 11.9. The van der Waals surface area contributed by atoms with Crippen LogP contribution >= 0.6 is 0 Å². The zero-order valence-electron chi connectivity index (χ0n) is 20.5. The fourth-order valence-electron chi connectivity index (χ4n) is 3.46. The fourth-order valence-corrected chi connectivity index (χ4v) is 4.88. The zero-order valence-corrected chi connectivity index (χ0v) is 23.5. The van der Waals surface area contributed by atoms with Crippen molar-refractivity contribution in [3.63, 3.8) is 0 Å². The summed E-state index contributed by atoms with van der Waals surface area (Å²) >= 11 is 0. The molecular weight excluding hydrogens is 567 g/mol. The van der Waals surface area contributed by atoms with Gasteiger partial charge in [0.1, 0.15) is 18.0 Å². The largest absolute Gasteiger partial charge is 1.00 e. The van der Waals surface area contributed by atoms with E-state index >= 15 is 0 Å². The lowest BCUT2D eigenvalue weighted by molar-refractivity contribution is -0.884. The van der Waals surface area contributed by atoms with Gasteiger partial charge in [0.15, 0.2) is 5.03 Å². The van der Waals surface area contributed by atoms with E-state index in [9.17, 15) is 8.42 Å². The molecular formula is C24H33IN4O4S. The molecule has 3 rings (SSSR count). The maximum absolute atomic E-state index is 13.7. The molecule has 0 saturated carbocycles. The van der Waals surface area contributed by atoms with Gasteiger partial charge in [-0.15, -0.1) is 0 Å². The SMILES string of the molecule is COc1ccc(CN(Cc2ccc(OC)cc2)S(=O)(=O)c2cc(C[N+](C)(C)C)n(C)n2)cc1.[I-]. The Kier molecular flexibility index (Phi) is 9.52. The molecule has 0 aliphatic heterocycles. The van der Waals surface area contributed by atoms with E-state index in [1.54, 1.807) is 32.0 Å². The van der Waals surface area contributed by atoms with E-state index in [-0.39, 0.29) is 42.1 Å². The minimum atomic E-state index is -3.85. The molecule has 0 N–H and O–H groups in total. The molecule has 0 fully saturated rings. The summed E-state index contributed by atoms with van der Waals surface area (Å²) in [7, 11) is 7.30. The topological polar surface area (TPSA) is 73.7 Å². The molecule has 0 bridgehead atoms. The van der Waals surface area contributed by atoms with Crippen LogP contribution in [0.5, 0.6) is 11.5 Å². The van der Waals surface area contributed by atoms with Gasteiger partial charge >= 0.3 is 0 Å². The van der Waals surface area contributed by atoms with Crippen LogP contribution in [0.3, 0.4) is 0 Å². The predicted molar refractivity (Wildman–Crippen MR) is 127 cm³/mol. The van der Waals surface area contributed by atoms with E-state index in [1.807, 2.05) is 48.5 Å². The molecule has 0 saturated heterocycles. The van der Waals surface area contributed by atoms with Crippen molar-refractivity contribution in [2.45, 2.75) is 24.7 Å². The van der Waals surface area contributed by atoms with Gasteiger partial charge in [-0.25, -0.2) is 8.42 Å². The Labute approximate surface area is 219 Å². The summed E-state index contributed by atoms with van der Waals surface area (Å²) in [6.07, 6.45) is 0.